The van der Waals surface area contributed by atoms with Crippen LogP contribution in [0.2, 0.25) is 0 Å². The van der Waals surface area contributed by atoms with Gasteiger partial charge in [0.25, 0.3) is 5.91 Å². The normalized spacial score (nSPS) is 10.9. The van der Waals surface area contributed by atoms with Crippen molar-refractivity contribution in [3.63, 3.8) is 0 Å². The monoisotopic (exact) mass is 364 g/mol. The highest BCUT2D eigenvalue weighted by atomic mass is 16.5. The lowest BCUT2D eigenvalue weighted by Crippen LogP contribution is -2.24. The van der Waals surface area contributed by atoms with Crippen molar-refractivity contribution < 1.29 is 9.53 Å². The maximum absolute atomic E-state index is 12.7. The van der Waals surface area contributed by atoms with Crippen LogP contribution in [0.3, 0.4) is 0 Å². The fourth-order valence-electron chi connectivity index (χ4n) is 2.89. The summed E-state index contributed by atoms with van der Waals surface area (Å²) in [6.07, 6.45) is 1.79. The predicted octanol–water partition coefficient (Wildman–Crippen LogP) is 3.60. The first-order valence-corrected chi connectivity index (χ1v) is 8.97. The first-order chi connectivity index (χ1) is 13.0. The number of hydrogen-bond acceptors (Lipinski definition) is 4. The molecule has 0 aliphatic carbocycles. The fraction of sp³-hybridized carbons (Fsp3) is 0.286. The van der Waals surface area contributed by atoms with Gasteiger partial charge in [0.2, 0.25) is 5.88 Å². The van der Waals surface area contributed by atoms with Gasteiger partial charge in [0, 0.05) is 18.8 Å². The summed E-state index contributed by atoms with van der Waals surface area (Å²) >= 11 is 0. The van der Waals surface area contributed by atoms with Crippen LogP contribution in [0.25, 0.3) is 5.69 Å². The minimum atomic E-state index is -0.144. The minimum Gasteiger partial charge on any atom is -0.475 e. The van der Waals surface area contributed by atoms with Crippen LogP contribution in [0, 0.1) is 13.8 Å². The average Bonchev–Trinajstić information content (AvgIpc) is 2.95. The van der Waals surface area contributed by atoms with E-state index in [0.717, 1.165) is 16.9 Å². The molecule has 0 saturated carbocycles. The van der Waals surface area contributed by atoms with E-state index in [-0.39, 0.29) is 12.0 Å². The van der Waals surface area contributed by atoms with Crippen LogP contribution in [-0.2, 0) is 6.54 Å². The third-order valence-electron chi connectivity index (χ3n) is 4.13. The number of carbonyl (C=O) groups excluding carboxylic acids is 1. The Kier molecular flexibility index (Phi) is 5.54. The van der Waals surface area contributed by atoms with Gasteiger partial charge in [0.1, 0.15) is 0 Å². The molecule has 0 fully saturated rings. The zero-order valence-electron chi connectivity index (χ0n) is 16.1. The van der Waals surface area contributed by atoms with E-state index in [9.17, 15) is 4.79 Å². The Morgan fingerprint density at radius 3 is 2.52 bits per heavy atom. The molecule has 0 atom stereocenters. The molecule has 3 rings (SSSR count). The lowest BCUT2D eigenvalue weighted by Gasteiger charge is -2.09. The second-order valence-electron chi connectivity index (χ2n) is 6.65. The predicted molar refractivity (Wildman–Crippen MR) is 104 cm³/mol. The molecule has 2 aromatic heterocycles. The van der Waals surface area contributed by atoms with E-state index in [0.29, 0.717) is 23.7 Å². The zero-order chi connectivity index (χ0) is 19.4. The smallest absolute Gasteiger partial charge is 0.255 e. The third-order valence-corrected chi connectivity index (χ3v) is 4.13. The molecule has 3 aromatic rings. The highest BCUT2D eigenvalue weighted by Crippen LogP contribution is 2.18. The summed E-state index contributed by atoms with van der Waals surface area (Å²) in [7, 11) is 0. The van der Waals surface area contributed by atoms with Crippen molar-refractivity contribution in [2.75, 3.05) is 0 Å². The van der Waals surface area contributed by atoms with Crippen LogP contribution in [-0.4, -0.2) is 26.8 Å². The number of amides is 1. The van der Waals surface area contributed by atoms with Crippen molar-refractivity contribution in [3.8, 4) is 11.6 Å². The Labute approximate surface area is 159 Å². The van der Waals surface area contributed by atoms with Crippen LogP contribution in [0.15, 0.2) is 48.7 Å². The lowest BCUT2D eigenvalue weighted by atomic mass is 10.1. The Morgan fingerprint density at radius 1 is 1.15 bits per heavy atom. The van der Waals surface area contributed by atoms with Crippen molar-refractivity contribution in [1.29, 1.82) is 0 Å². The van der Waals surface area contributed by atoms with Gasteiger partial charge in [-0.3, -0.25) is 4.79 Å². The van der Waals surface area contributed by atoms with E-state index in [1.807, 2.05) is 70.2 Å². The third kappa shape index (κ3) is 4.34. The number of nitrogens with zero attached hydrogens (tertiary/aromatic N) is 3. The molecule has 0 bridgehead atoms. The van der Waals surface area contributed by atoms with E-state index in [1.165, 1.54) is 0 Å². The van der Waals surface area contributed by atoms with Crippen molar-refractivity contribution >= 4 is 5.91 Å². The minimum absolute atomic E-state index is 0.0788. The summed E-state index contributed by atoms with van der Waals surface area (Å²) in [5.74, 6) is 0.436. The molecule has 140 valence electrons. The highest BCUT2D eigenvalue weighted by molar-refractivity contribution is 5.96. The molecular formula is C21H24N4O2. The van der Waals surface area contributed by atoms with Crippen LogP contribution in [0.4, 0.5) is 0 Å². The van der Waals surface area contributed by atoms with Gasteiger partial charge in [-0.05, 0) is 45.4 Å². The van der Waals surface area contributed by atoms with Crippen molar-refractivity contribution in [1.82, 2.24) is 20.1 Å². The van der Waals surface area contributed by atoms with Gasteiger partial charge in [0.15, 0.2) is 0 Å². The number of aryl methyl sites for hydroxylation is 1. The maximum Gasteiger partial charge on any atom is 0.255 e. The summed E-state index contributed by atoms with van der Waals surface area (Å²) in [6, 6.07) is 13.5. The van der Waals surface area contributed by atoms with Gasteiger partial charge in [-0.1, -0.05) is 24.3 Å². The largest absolute Gasteiger partial charge is 0.475 e. The molecule has 1 aromatic carbocycles. The molecule has 0 aliphatic heterocycles. The topological polar surface area (TPSA) is 69.0 Å². The van der Waals surface area contributed by atoms with Gasteiger partial charge in [0.05, 0.1) is 28.7 Å². The average molecular weight is 364 g/mol. The van der Waals surface area contributed by atoms with Crippen LogP contribution in [0.5, 0.6) is 5.88 Å². The number of carbonyl (C=O) groups is 1. The quantitative estimate of drug-likeness (QED) is 0.726. The molecule has 0 radical (unpaired) electrons. The Hall–Kier alpha value is -3.15. The molecule has 1 N–H and O–H groups in total. The Balaban J connectivity index is 1.71. The first-order valence-electron chi connectivity index (χ1n) is 8.97. The summed E-state index contributed by atoms with van der Waals surface area (Å²) in [5.41, 5.74) is 3.96. The van der Waals surface area contributed by atoms with Crippen molar-refractivity contribution in [2.24, 2.45) is 0 Å². The maximum atomic E-state index is 12.7. The van der Waals surface area contributed by atoms with Gasteiger partial charge in [-0.2, -0.15) is 5.10 Å². The number of para-hydroxylation sites is 1. The number of nitrogens with one attached hydrogen (secondary N) is 1. The number of rotatable bonds is 6. The SMILES string of the molecule is Cc1nn(-c2ccccc2)c(C)c1C(=O)NCc1ccc(OC(C)C)nc1. The van der Waals surface area contributed by atoms with Crippen LogP contribution >= 0.6 is 0 Å². The van der Waals surface area contributed by atoms with E-state index < -0.39 is 0 Å². The number of pyridine rings is 1. The van der Waals surface area contributed by atoms with E-state index in [4.69, 9.17) is 4.74 Å². The molecular weight excluding hydrogens is 340 g/mol. The molecule has 6 nitrogen and oxygen atoms in total. The molecule has 0 saturated heterocycles. The molecule has 2 heterocycles. The standard InChI is InChI=1S/C21H24N4O2/c1-14(2)27-19-11-10-17(12-22-19)13-23-21(26)20-15(3)24-25(16(20)4)18-8-6-5-7-9-18/h5-12,14H,13H2,1-4H3,(H,23,26). The summed E-state index contributed by atoms with van der Waals surface area (Å²) in [4.78, 5) is 17.0. The van der Waals surface area contributed by atoms with Crippen LogP contribution in [0.1, 0.15) is 41.2 Å². The lowest BCUT2D eigenvalue weighted by molar-refractivity contribution is 0.0949. The van der Waals surface area contributed by atoms with Gasteiger partial charge in [-0.15, -0.1) is 0 Å². The van der Waals surface area contributed by atoms with Gasteiger partial charge >= 0.3 is 0 Å². The molecule has 6 heteroatoms. The first kappa shape index (κ1) is 18.6. The van der Waals surface area contributed by atoms with E-state index >= 15 is 0 Å². The van der Waals surface area contributed by atoms with E-state index in [1.54, 1.807) is 10.9 Å². The fourth-order valence-corrected chi connectivity index (χ4v) is 2.89. The second kappa shape index (κ2) is 8.03. The number of benzene rings is 1. The van der Waals surface area contributed by atoms with Crippen molar-refractivity contribution in [3.05, 3.63) is 71.2 Å². The highest BCUT2D eigenvalue weighted by Gasteiger charge is 2.19. The molecule has 0 aliphatic rings. The summed E-state index contributed by atoms with van der Waals surface area (Å²) in [6.45, 7) is 8.05. The van der Waals surface area contributed by atoms with Gasteiger partial charge < -0.3 is 10.1 Å². The molecule has 0 spiro atoms. The van der Waals surface area contributed by atoms with Crippen LogP contribution < -0.4 is 10.1 Å². The van der Waals surface area contributed by atoms with Gasteiger partial charge in [-0.25, -0.2) is 9.67 Å². The molecule has 0 unspecified atom stereocenters. The number of aromatic nitrogens is 3. The van der Waals surface area contributed by atoms with Crippen molar-refractivity contribution in [2.45, 2.75) is 40.3 Å². The Bertz CT molecular complexity index is 915. The molecule has 1 amide bonds. The van der Waals surface area contributed by atoms with E-state index in [2.05, 4.69) is 15.4 Å². The summed E-state index contributed by atoms with van der Waals surface area (Å²) in [5, 5.41) is 7.47. The number of hydrogen-bond donors (Lipinski definition) is 1. The zero-order valence-corrected chi connectivity index (χ0v) is 16.1. The number of ether oxygens (including phenoxy) is 1. The Morgan fingerprint density at radius 2 is 1.89 bits per heavy atom. The molecule has 27 heavy (non-hydrogen) atoms. The summed E-state index contributed by atoms with van der Waals surface area (Å²) < 4.78 is 7.33. The second-order valence-corrected chi connectivity index (χ2v) is 6.65.